The molecule has 3 rings (SSSR count). The van der Waals surface area contributed by atoms with Crippen LogP contribution >= 0.6 is 0 Å². The molecular weight excluding hydrogens is 384 g/mol. The van der Waals surface area contributed by atoms with Crippen molar-refractivity contribution in [1.29, 1.82) is 0 Å². The van der Waals surface area contributed by atoms with Gasteiger partial charge in [0, 0.05) is 25.1 Å². The largest absolute Gasteiger partial charge is 0.394 e. The Labute approximate surface area is 174 Å². The van der Waals surface area contributed by atoms with Crippen LogP contribution in [0.15, 0.2) is 29.3 Å². The Hall–Kier alpha value is -3.04. The maximum Gasteiger partial charge on any atom is 0.254 e. The van der Waals surface area contributed by atoms with E-state index in [4.69, 9.17) is 10.5 Å². The number of nitrogens with zero attached hydrogens (tertiary/aromatic N) is 3. The first kappa shape index (κ1) is 21.7. The number of methoxy groups -OCH3 is 1. The van der Waals surface area contributed by atoms with Crippen molar-refractivity contribution in [3.63, 3.8) is 0 Å². The lowest BCUT2D eigenvalue weighted by atomic mass is 9.96. The van der Waals surface area contributed by atoms with Gasteiger partial charge in [-0.3, -0.25) is 9.78 Å². The van der Waals surface area contributed by atoms with Crippen LogP contribution in [0.2, 0.25) is 0 Å². The van der Waals surface area contributed by atoms with Crippen LogP contribution in [0, 0.1) is 0 Å². The predicted octanol–water partition coefficient (Wildman–Crippen LogP) is 2.46. The van der Waals surface area contributed by atoms with Gasteiger partial charge >= 0.3 is 0 Å². The summed E-state index contributed by atoms with van der Waals surface area (Å²) in [5, 5.41) is 13.2. The first-order chi connectivity index (χ1) is 14.4. The zero-order valence-electron chi connectivity index (χ0n) is 17.5. The van der Waals surface area contributed by atoms with E-state index in [9.17, 15) is 9.90 Å². The second-order valence-electron chi connectivity index (χ2n) is 7.60. The van der Waals surface area contributed by atoms with Gasteiger partial charge in [0.1, 0.15) is 5.52 Å². The summed E-state index contributed by atoms with van der Waals surface area (Å²) in [5.74, 6) is 0.572. The van der Waals surface area contributed by atoms with Gasteiger partial charge in [-0.25, -0.2) is 4.98 Å². The third-order valence-electron chi connectivity index (χ3n) is 5.07. The molecule has 3 heterocycles. The molecule has 3 aromatic rings. The van der Waals surface area contributed by atoms with Gasteiger partial charge in [0.05, 0.1) is 29.8 Å². The number of H-pyrrole nitrogens is 1. The minimum Gasteiger partial charge on any atom is -0.394 e. The Kier molecular flexibility index (Phi) is 6.63. The van der Waals surface area contributed by atoms with Crippen molar-refractivity contribution in [3.8, 4) is 11.1 Å². The van der Waals surface area contributed by atoms with Gasteiger partial charge in [0.15, 0.2) is 5.82 Å². The number of aromatic nitrogens is 4. The summed E-state index contributed by atoms with van der Waals surface area (Å²) in [6.07, 6.45) is 6.01. The molecule has 0 aromatic carbocycles. The number of nitrogens with one attached hydrogen (secondary N) is 2. The van der Waals surface area contributed by atoms with E-state index in [1.165, 1.54) is 7.11 Å². The van der Waals surface area contributed by atoms with Crippen LogP contribution in [-0.2, 0) is 11.3 Å². The molecule has 160 valence electrons. The molecule has 0 aliphatic heterocycles. The highest BCUT2D eigenvalue weighted by molar-refractivity contribution is 5.89. The van der Waals surface area contributed by atoms with Gasteiger partial charge in [-0.05, 0) is 31.0 Å². The smallest absolute Gasteiger partial charge is 0.254 e. The number of unbranched alkanes of at least 4 members (excludes halogenated alkanes) is 1. The van der Waals surface area contributed by atoms with Crippen molar-refractivity contribution in [1.82, 2.24) is 19.9 Å². The quantitative estimate of drug-likeness (QED) is 0.420. The Balaban J connectivity index is 2.07. The number of nitrogens with two attached hydrogens (primary N) is 1. The third kappa shape index (κ3) is 4.58. The molecule has 0 aliphatic carbocycles. The minimum absolute atomic E-state index is 0.0519. The lowest BCUT2D eigenvalue weighted by Gasteiger charge is -2.29. The number of fused-ring (bicyclic) bond motifs is 1. The number of hydrogen-bond donors (Lipinski definition) is 4. The van der Waals surface area contributed by atoms with Crippen molar-refractivity contribution in [2.75, 3.05) is 24.8 Å². The Morgan fingerprint density at radius 1 is 1.37 bits per heavy atom. The predicted molar refractivity (Wildman–Crippen MR) is 117 cm³/mol. The molecule has 0 bridgehead atoms. The first-order valence-electron chi connectivity index (χ1n) is 9.93. The number of nitrogen functional groups attached to an aromatic ring is 1. The van der Waals surface area contributed by atoms with Crippen molar-refractivity contribution >= 4 is 22.8 Å². The normalized spacial score (nSPS) is 13.3. The highest BCUT2D eigenvalue weighted by Crippen LogP contribution is 2.29. The van der Waals surface area contributed by atoms with E-state index in [1.54, 1.807) is 18.5 Å². The molecule has 0 aliphatic rings. The zero-order valence-corrected chi connectivity index (χ0v) is 17.5. The fourth-order valence-corrected chi connectivity index (χ4v) is 3.37. The number of hydrogen-bond acceptors (Lipinski definition) is 8. The number of aromatic amines is 1. The lowest BCUT2D eigenvalue weighted by molar-refractivity contribution is 0.184. The van der Waals surface area contributed by atoms with E-state index in [0.29, 0.717) is 28.0 Å². The monoisotopic (exact) mass is 412 g/mol. The van der Waals surface area contributed by atoms with E-state index in [1.807, 2.05) is 13.0 Å². The number of pyridine rings is 2. The van der Waals surface area contributed by atoms with E-state index in [2.05, 4.69) is 32.2 Å². The summed E-state index contributed by atoms with van der Waals surface area (Å²) in [6, 6.07) is 3.62. The highest BCUT2D eigenvalue weighted by atomic mass is 16.5. The molecule has 5 N–H and O–H groups in total. The van der Waals surface area contributed by atoms with Crippen LogP contribution in [-0.4, -0.2) is 44.3 Å². The van der Waals surface area contributed by atoms with Crippen molar-refractivity contribution in [2.45, 2.75) is 45.3 Å². The summed E-state index contributed by atoms with van der Waals surface area (Å²) in [4.78, 5) is 28.1. The van der Waals surface area contributed by atoms with Crippen molar-refractivity contribution in [3.05, 3.63) is 40.4 Å². The number of anilines is 2. The van der Waals surface area contributed by atoms with E-state index >= 15 is 0 Å². The number of aliphatic hydroxyl groups is 1. The fraction of sp³-hybridized carbons (Fsp3) is 0.429. The fourth-order valence-electron chi connectivity index (χ4n) is 3.37. The Morgan fingerprint density at radius 2 is 2.17 bits per heavy atom. The van der Waals surface area contributed by atoms with E-state index in [-0.39, 0.29) is 24.7 Å². The van der Waals surface area contributed by atoms with Crippen molar-refractivity contribution < 1.29 is 9.84 Å². The van der Waals surface area contributed by atoms with Gasteiger partial charge in [0.2, 0.25) is 5.95 Å². The summed E-state index contributed by atoms with van der Waals surface area (Å²) in [6.45, 7) is 4.16. The molecule has 3 aromatic heterocycles. The van der Waals surface area contributed by atoms with E-state index in [0.717, 1.165) is 24.8 Å². The Morgan fingerprint density at radius 3 is 2.87 bits per heavy atom. The first-order valence-corrected chi connectivity index (χ1v) is 9.93. The molecule has 9 heteroatoms. The molecular formula is C21H28N6O3. The molecule has 1 atom stereocenters. The molecule has 0 amide bonds. The average Bonchev–Trinajstić information content (AvgIpc) is 2.73. The van der Waals surface area contributed by atoms with Gasteiger partial charge < -0.3 is 25.9 Å². The maximum absolute atomic E-state index is 12.2. The number of ether oxygens (including phenoxy) is 1. The topological polar surface area (TPSA) is 139 Å². The molecule has 0 spiro atoms. The second-order valence-corrected chi connectivity index (χ2v) is 7.60. The average molecular weight is 412 g/mol. The summed E-state index contributed by atoms with van der Waals surface area (Å²) in [5.41, 5.74) is 8.21. The highest BCUT2D eigenvalue weighted by Gasteiger charge is 2.25. The Bertz CT molecular complexity index is 1080. The molecule has 0 saturated heterocycles. The zero-order chi connectivity index (χ0) is 21.7. The summed E-state index contributed by atoms with van der Waals surface area (Å²) >= 11 is 0. The van der Waals surface area contributed by atoms with Crippen LogP contribution in [0.1, 0.15) is 38.7 Å². The standard InChI is InChI=1S/C21H28N6O3/c1-4-5-7-21(2,12-28)27-18-17-16(25-20(22)26-18)9-13(10-24-17)14-6-8-23-19(29)15(14)11-30-3/h6,8-10,28H,4-5,7,11-12H2,1-3H3,(H,23,29)(H3,22,25,26,27)/t21-/m1/s1. The third-order valence-corrected chi connectivity index (χ3v) is 5.07. The molecule has 30 heavy (non-hydrogen) atoms. The molecule has 0 saturated carbocycles. The van der Waals surface area contributed by atoms with Crippen LogP contribution in [0.4, 0.5) is 11.8 Å². The molecule has 0 unspecified atom stereocenters. The van der Waals surface area contributed by atoms with Crippen LogP contribution in [0.3, 0.4) is 0 Å². The van der Waals surface area contributed by atoms with Crippen LogP contribution < -0.4 is 16.6 Å². The van der Waals surface area contributed by atoms with Gasteiger partial charge in [-0.15, -0.1) is 0 Å². The van der Waals surface area contributed by atoms with Gasteiger partial charge in [0.25, 0.3) is 5.56 Å². The molecule has 0 fully saturated rings. The number of rotatable bonds is 9. The van der Waals surface area contributed by atoms with Gasteiger partial charge in [-0.2, -0.15) is 4.98 Å². The van der Waals surface area contributed by atoms with E-state index < -0.39 is 5.54 Å². The summed E-state index contributed by atoms with van der Waals surface area (Å²) < 4.78 is 5.18. The lowest BCUT2D eigenvalue weighted by Crippen LogP contribution is -2.39. The SMILES string of the molecule is CCCC[C@](C)(CO)Nc1nc(N)nc2cc(-c3cc[nH]c(=O)c3COC)cnc12. The minimum atomic E-state index is -0.553. The molecule has 9 nitrogen and oxygen atoms in total. The summed E-state index contributed by atoms with van der Waals surface area (Å²) in [7, 11) is 1.54. The second kappa shape index (κ2) is 9.19. The number of aliphatic hydroxyl groups excluding tert-OH is 1. The van der Waals surface area contributed by atoms with Crippen molar-refractivity contribution in [2.24, 2.45) is 0 Å². The van der Waals surface area contributed by atoms with Gasteiger partial charge in [-0.1, -0.05) is 19.8 Å². The molecule has 0 radical (unpaired) electrons. The van der Waals surface area contributed by atoms with Crippen LogP contribution in [0.5, 0.6) is 0 Å². The van der Waals surface area contributed by atoms with Crippen LogP contribution in [0.25, 0.3) is 22.2 Å². The maximum atomic E-state index is 12.2.